The molecular formula is C13H19N5O3. The smallest absolute Gasteiger partial charge is 0.273 e. The molecule has 1 amide bonds. The number of rotatable bonds is 8. The second-order valence-corrected chi connectivity index (χ2v) is 5.04. The van der Waals surface area contributed by atoms with Gasteiger partial charge < -0.3 is 16.1 Å². The van der Waals surface area contributed by atoms with Crippen LogP contribution in [0.4, 0.5) is 17.1 Å². The predicted molar refractivity (Wildman–Crippen MR) is 79.8 cm³/mol. The van der Waals surface area contributed by atoms with Crippen molar-refractivity contribution in [3.8, 4) is 0 Å². The number of nitro groups is 1. The van der Waals surface area contributed by atoms with Gasteiger partial charge in [0.1, 0.15) is 0 Å². The molecule has 1 aliphatic rings. The number of nitrogen functional groups attached to an aromatic ring is 1. The number of hydrogen-bond donors (Lipinski definition) is 4. The molecule has 1 aliphatic carbocycles. The third-order valence-corrected chi connectivity index (χ3v) is 3.15. The number of non-ortho nitro benzene ring substituents is 1. The Kier molecular flexibility index (Phi) is 4.94. The van der Waals surface area contributed by atoms with Crippen LogP contribution in [0.5, 0.6) is 0 Å². The number of carbonyl (C=O) groups is 1. The molecule has 114 valence electrons. The average Bonchev–Trinajstić information content (AvgIpc) is 3.27. The molecule has 1 fully saturated rings. The van der Waals surface area contributed by atoms with Crippen LogP contribution in [0.25, 0.3) is 0 Å². The number of amides is 1. The molecule has 0 spiro atoms. The van der Waals surface area contributed by atoms with Crippen LogP contribution in [0.1, 0.15) is 25.7 Å². The molecule has 0 unspecified atom stereocenters. The average molecular weight is 293 g/mol. The molecule has 0 atom stereocenters. The normalized spacial score (nSPS) is 13.6. The number of nitrogens with zero attached hydrogens (tertiary/aromatic N) is 1. The van der Waals surface area contributed by atoms with Gasteiger partial charge >= 0.3 is 0 Å². The largest absolute Gasteiger partial charge is 0.385 e. The van der Waals surface area contributed by atoms with Crippen molar-refractivity contribution in [3.05, 3.63) is 28.3 Å². The van der Waals surface area contributed by atoms with Crippen molar-refractivity contribution >= 4 is 23.0 Å². The van der Waals surface area contributed by atoms with Crippen molar-refractivity contribution in [1.29, 1.82) is 0 Å². The Balaban J connectivity index is 1.80. The lowest BCUT2D eigenvalue weighted by Crippen LogP contribution is -2.25. The second-order valence-electron chi connectivity index (χ2n) is 5.04. The zero-order valence-electron chi connectivity index (χ0n) is 11.6. The van der Waals surface area contributed by atoms with Crippen molar-refractivity contribution < 1.29 is 9.72 Å². The Hall–Kier alpha value is -2.35. The Morgan fingerprint density at radius 3 is 2.67 bits per heavy atom. The molecule has 8 heteroatoms. The minimum Gasteiger partial charge on any atom is -0.385 e. The van der Waals surface area contributed by atoms with Gasteiger partial charge in [0.05, 0.1) is 10.6 Å². The molecule has 1 saturated carbocycles. The standard InChI is InChI=1S/C13H19N5O3/c14-17-11-6-10(7-12(8-11)18(20)21)15-5-1-2-13(19)16-9-3-4-9/h6-9,15,17H,1-5,14H2,(H,16,19). The molecule has 21 heavy (non-hydrogen) atoms. The van der Waals surface area contributed by atoms with E-state index in [2.05, 4.69) is 16.1 Å². The van der Waals surface area contributed by atoms with Gasteiger partial charge in [0, 0.05) is 36.8 Å². The number of hydrazine groups is 1. The van der Waals surface area contributed by atoms with E-state index in [1.54, 1.807) is 6.07 Å². The molecule has 0 heterocycles. The predicted octanol–water partition coefficient (Wildman–Crippen LogP) is 1.35. The van der Waals surface area contributed by atoms with E-state index in [0.717, 1.165) is 12.8 Å². The van der Waals surface area contributed by atoms with Crippen molar-refractivity contribution in [1.82, 2.24) is 5.32 Å². The second kappa shape index (κ2) is 6.89. The first kappa shape index (κ1) is 15.0. The monoisotopic (exact) mass is 293 g/mol. The summed E-state index contributed by atoms with van der Waals surface area (Å²) in [5.41, 5.74) is 3.40. The third kappa shape index (κ3) is 4.92. The Morgan fingerprint density at radius 1 is 1.33 bits per heavy atom. The molecule has 0 saturated heterocycles. The van der Waals surface area contributed by atoms with Gasteiger partial charge in [0.2, 0.25) is 5.91 Å². The van der Waals surface area contributed by atoms with Crippen molar-refractivity contribution in [2.24, 2.45) is 5.84 Å². The minimum atomic E-state index is -0.477. The van der Waals surface area contributed by atoms with Crippen LogP contribution < -0.4 is 21.9 Å². The van der Waals surface area contributed by atoms with Gasteiger partial charge in [-0.15, -0.1) is 0 Å². The highest BCUT2D eigenvalue weighted by atomic mass is 16.6. The van der Waals surface area contributed by atoms with Gasteiger partial charge in [0.25, 0.3) is 5.69 Å². The van der Waals surface area contributed by atoms with E-state index >= 15 is 0 Å². The Morgan fingerprint density at radius 2 is 2.05 bits per heavy atom. The van der Waals surface area contributed by atoms with Gasteiger partial charge in [-0.25, -0.2) is 0 Å². The summed E-state index contributed by atoms with van der Waals surface area (Å²) in [6.07, 6.45) is 3.26. The van der Waals surface area contributed by atoms with E-state index in [1.165, 1.54) is 12.1 Å². The van der Waals surface area contributed by atoms with E-state index in [0.29, 0.717) is 36.8 Å². The van der Waals surface area contributed by atoms with Gasteiger partial charge in [-0.05, 0) is 25.3 Å². The van der Waals surface area contributed by atoms with Gasteiger partial charge in [0.15, 0.2) is 0 Å². The maximum atomic E-state index is 11.5. The number of carbonyl (C=O) groups excluding carboxylic acids is 1. The summed E-state index contributed by atoms with van der Waals surface area (Å²) in [6.45, 7) is 0.559. The van der Waals surface area contributed by atoms with E-state index in [9.17, 15) is 14.9 Å². The molecule has 0 aromatic heterocycles. The summed E-state index contributed by atoms with van der Waals surface area (Å²) in [5.74, 6) is 5.34. The topological polar surface area (TPSA) is 122 Å². The van der Waals surface area contributed by atoms with E-state index in [4.69, 9.17) is 5.84 Å². The minimum absolute atomic E-state index is 0.0422. The zero-order valence-corrected chi connectivity index (χ0v) is 11.6. The molecule has 1 aromatic carbocycles. The summed E-state index contributed by atoms with van der Waals surface area (Å²) in [6, 6.07) is 4.84. The van der Waals surface area contributed by atoms with E-state index in [-0.39, 0.29) is 11.6 Å². The highest BCUT2D eigenvalue weighted by molar-refractivity contribution is 5.76. The Bertz CT molecular complexity index is 531. The lowest BCUT2D eigenvalue weighted by Gasteiger charge is -2.08. The first-order chi connectivity index (χ1) is 10.1. The summed E-state index contributed by atoms with van der Waals surface area (Å²) < 4.78 is 0. The van der Waals surface area contributed by atoms with Crippen LogP contribution in [0.2, 0.25) is 0 Å². The molecule has 2 rings (SSSR count). The SMILES string of the molecule is NNc1cc(NCCCC(=O)NC2CC2)cc([N+](=O)[O-])c1. The third-order valence-electron chi connectivity index (χ3n) is 3.15. The van der Waals surface area contributed by atoms with E-state index < -0.39 is 4.92 Å². The fraction of sp³-hybridized carbons (Fsp3) is 0.462. The van der Waals surface area contributed by atoms with Crippen LogP contribution >= 0.6 is 0 Å². The van der Waals surface area contributed by atoms with Crippen LogP contribution in [0.3, 0.4) is 0 Å². The maximum Gasteiger partial charge on any atom is 0.273 e. The number of hydrogen-bond acceptors (Lipinski definition) is 6. The fourth-order valence-corrected chi connectivity index (χ4v) is 1.91. The summed E-state index contributed by atoms with van der Waals surface area (Å²) in [4.78, 5) is 21.8. The molecular weight excluding hydrogens is 274 g/mol. The van der Waals surface area contributed by atoms with Crippen molar-refractivity contribution in [3.63, 3.8) is 0 Å². The van der Waals surface area contributed by atoms with Crippen LogP contribution in [-0.4, -0.2) is 23.4 Å². The Labute approximate surface area is 122 Å². The zero-order chi connectivity index (χ0) is 15.2. The lowest BCUT2D eigenvalue weighted by molar-refractivity contribution is -0.384. The lowest BCUT2D eigenvalue weighted by atomic mass is 10.2. The number of nitro benzene ring substituents is 1. The van der Waals surface area contributed by atoms with Crippen molar-refractivity contribution in [2.45, 2.75) is 31.7 Å². The summed E-state index contributed by atoms with van der Waals surface area (Å²) in [5, 5.41) is 16.8. The first-order valence-electron chi connectivity index (χ1n) is 6.88. The fourth-order valence-electron chi connectivity index (χ4n) is 1.91. The highest BCUT2D eigenvalue weighted by Crippen LogP contribution is 2.23. The molecule has 0 radical (unpaired) electrons. The highest BCUT2D eigenvalue weighted by Gasteiger charge is 2.22. The summed E-state index contributed by atoms with van der Waals surface area (Å²) >= 11 is 0. The molecule has 5 N–H and O–H groups in total. The first-order valence-corrected chi connectivity index (χ1v) is 6.88. The van der Waals surface area contributed by atoms with Gasteiger partial charge in [-0.2, -0.15) is 0 Å². The van der Waals surface area contributed by atoms with E-state index in [1.807, 2.05) is 0 Å². The molecule has 0 bridgehead atoms. The maximum absolute atomic E-state index is 11.5. The van der Waals surface area contributed by atoms with Crippen LogP contribution in [0, 0.1) is 10.1 Å². The molecule has 8 nitrogen and oxygen atoms in total. The van der Waals surface area contributed by atoms with Crippen molar-refractivity contribution in [2.75, 3.05) is 17.3 Å². The summed E-state index contributed by atoms with van der Waals surface area (Å²) in [7, 11) is 0. The number of nitrogens with two attached hydrogens (primary N) is 1. The number of nitrogens with one attached hydrogen (secondary N) is 3. The van der Waals surface area contributed by atoms with Crippen LogP contribution in [-0.2, 0) is 4.79 Å². The van der Waals surface area contributed by atoms with Crippen LogP contribution in [0.15, 0.2) is 18.2 Å². The van der Waals surface area contributed by atoms with Gasteiger partial charge in [-0.3, -0.25) is 20.8 Å². The molecule has 1 aromatic rings. The quantitative estimate of drug-likeness (QED) is 0.248. The number of benzene rings is 1. The van der Waals surface area contributed by atoms with Gasteiger partial charge in [-0.1, -0.05) is 0 Å². The number of anilines is 2. The molecule has 0 aliphatic heterocycles.